The second-order valence-corrected chi connectivity index (χ2v) is 5.88. The van der Waals surface area contributed by atoms with E-state index < -0.39 is 0 Å². The summed E-state index contributed by atoms with van der Waals surface area (Å²) in [5.74, 6) is 0. The molecule has 1 aromatic carbocycles. The lowest BCUT2D eigenvalue weighted by Gasteiger charge is -2.14. The predicted molar refractivity (Wildman–Crippen MR) is 73.8 cm³/mol. The second-order valence-electron chi connectivity index (χ2n) is 3.28. The third-order valence-corrected chi connectivity index (χ3v) is 3.93. The van der Waals surface area contributed by atoms with Crippen molar-refractivity contribution in [2.45, 2.75) is 13.0 Å². The molecule has 0 bridgehead atoms. The Morgan fingerprint density at radius 3 is 2.81 bits per heavy atom. The van der Waals surface area contributed by atoms with Gasteiger partial charge in [-0.2, -0.15) is 0 Å². The van der Waals surface area contributed by atoms with Crippen LogP contribution < -0.4 is 5.32 Å². The maximum atomic E-state index is 3.96. The molecule has 0 aliphatic carbocycles. The smallest absolute Gasteiger partial charge is 0.205 e. The molecule has 0 fully saturated rings. The van der Waals surface area contributed by atoms with Gasteiger partial charge in [0.05, 0.1) is 6.04 Å². The van der Waals surface area contributed by atoms with Gasteiger partial charge >= 0.3 is 0 Å². The lowest BCUT2D eigenvalue weighted by Crippen LogP contribution is -2.07. The molecule has 16 heavy (non-hydrogen) atoms. The predicted octanol–water partition coefficient (Wildman–Crippen LogP) is 4.24. The molecule has 0 aliphatic rings. The van der Waals surface area contributed by atoms with Crippen LogP contribution in [0.2, 0.25) is 0 Å². The third kappa shape index (κ3) is 2.81. The van der Waals surface area contributed by atoms with Gasteiger partial charge in [-0.3, -0.25) is 0 Å². The fourth-order valence-electron chi connectivity index (χ4n) is 1.35. The second kappa shape index (κ2) is 5.25. The standard InChI is InChI=1S/C10H9Br2N3S/c1-6(14-10-15-13-5-16-10)8-3-2-7(11)4-9(8)12/h2-6H,1H3,(H,14,15). The molecule has 2 rings (SSSR count). The van der Waals surface area contributed by atoms with Gasteiger partial charge in [-0.05, 0) is 24.6 Å². The van der Waals surface area contributed by atoms with Crippen LogP contribution in [0, 0.1) is 0 Å². The molecule has 1 aromatic heterocycles. The van der Waals surface area contributed by atoms with Crippen LogP contribution in [0.1, 0.15) is 18.5 Å². The minimum Gasteiger partial charge on any atom is -0.354 e. The number of hydrogen-bond donors (Lipinski definition) is 1. The number of hydrogen-bond acceptors (Lipinski definition) is 4. The maximum absolute atomic E-state index is 3.96. The van der Waals surface area contributed by atoms with Gasteiger partial charge in [0.15, 0.2) is 0 Å². The molecule has 3 nitrogen and oxygen atoms in total. The lowest BCUT2D eigenvalue weighted by atomic mass is 10.1. The highest BCUT2D eigenvalue weighted by molar-refractivity contribution is 9.11. The average Bonchev–Trinajstić information content (AvgIpc) is 2.70. The normalized spacial score (nSPS) is 12.4. The van der Waals surface area contributed by atoms with Crippen molar-refractivity contribution >= 4 is 48.3 Å². The van der Waals surface area contributed by atoms with Crippen LogP contribution in [0.25, 0.3) is 0 Å². The molecule has 0 radical (unpaired) electrons. The van der Waals surface area contributed by atoms with Gasteiger partial charge < -0.3 is 5.32 Å². The first-order valence-corrected chi connectivity index (χ1v) is 7.11. The summed E-state index contributed by atoms with van der Waals surface area (Å²) in [6.07, 6.45) is 0. The highest BCUT2D eigenvalue weighted by atomic mass is 79.9. The van der Waals surface area contributed by atoms with Crippen molar-refractivity contribution in [3.63, 3.8) is 0 Å². The average molecular weight is 363 g/mol. The number of aromatic nitrogens is 2. The summed E-state index contributed by atoms with van der Waals surface area (Å²) in [7, 11) is 0. The summed E-state index contributed by atoms with van der Waals surface area (Å²) >= 11 is 8.48. The summed E-state index contributed by atoms with van der Waals surface area (Å²) < 4.78 is 2.14. The molecule has 1 unspecified atom stereocenters. The van der Waals surface area contributed by atoms with Crippen molar-refractivity contribution in [2.75, 3.05) is 5.32 Å². The van der Waals surface area contributed by atoms with Crippen LogP contribution in [-0.2, 0) is 0 Å². The van der Waals surface area contributed by atoms with Crippen LogP contribution in [0.5, 0.6) is 0 Å². The van der Waals surface area contributed by atoms with Crippen molar-refractivity contribution in [3.05, 3.63) is 38.2 Å². The Balaban J connectivity index is 2.17. The van der Waals surface area contributed by atoms with Crippen molar-refractivity contribution < 1.29 is 0 Å². The summed E-state index contributed by atoms with van der Waals surface area (Å²) in [6, 6.07) is 6.33. The van der Waals surface area contributed by atoms with Crippen molar-refractivity contribution in [1.29, 1.82) is 0 Å². The topological polar surface area (TPSA) is 37.8 Å². The van der Waals surface area contributed by atoms with E-state index in [2.05, 4.69) is 60.4 Å². The fraction of sp³-hybridized carbons (Fsp3) is 0.200. The highest BCUT2D eigenvalue weighted by Crippen LogP contribution is 2.29. The zero-order valence-electron chi connectivity index (χ0n) is 8.45. The largest absolute Gasteiger partial charge is 0.354 e. The SMILES string of the molecule is CC(Nc1nncs1)c1ccc(Br)cc1Br. The number of anilines is 1. The number of nitrogens with one attached hydrogen (secondary N) is 1. The Bertz CT molecular complexity index is 473. The molecular formula is C10H9Br2N3S. The van der Waals surface area contributed by atoms with E-state index in [9.17, 15) is 0 Å². The first kappa shape index (κ1) is 12.0. The van der Waals surface area contributed by atoms with Crippen molar-refractivity contribution in [1.82, 2.24) is 10.2 Å². The van der Waals surface area contributed by atoms with E-state index >= 15 is 0 Å². The van der Waals surface area contributed by atoms with E-state index in [0.717, 1.165) is 14.1 Å². The van der Waals surface area contributed by atoms with E-state index in [1.54, 1.807) is 5.51 Å². The molecule has 84 valence electrons. The van der Waals surface area contributed by atoms with Gasteiger partial charge in [0.25, 0.3) is 0 Å². The van der Waals surface area contributed by atoms with E-state index in [1.165, 1.54) is 16.9 Å². The summed E-state index contributed by atoms with van der Waals surface area (Å²) in [6.45, 7) is 2.09. The van der Waals surface area contributed by atoms with E-state index in [4.69, 9.17) is 0 Å². The highest BCUT2D eigenvalue weighted by Gasteiger charge is 2.10. The number of rotatable bonds is 3. The van der Waals surface area contributed by atoms with Crippen LogP contribution in [0.4, 0.5) is 5.13 Å². The van der Waals surface area contributed by atoms with Gasteiger partial charge in [-0.1, -0.05) is 49.3 Å². The summed E-state index contributed by atoms with van der Waals surface area (Å²) in [5.41, 5.74) is 2.91. The van der Waals surface area contributed by atoms with Gasteiger partial charge in [0, 0.05) is 8.95 Å². The molecule has 1 atom stereocenters. The summed E-state index contributed by atoms with van der Waals surface area (Å²) in [4.78, 5) is 0. The van der Waals surface area contributed by atoms with Crippen molar-refractivity contribution in [3.8, 4) is 0 Å². The molecule has 1 N–H and O–H groups in total. The van der Waals surface area contributed by atoms with E-state index in [0.29, 0.717) is 0 Å². The zero-order chi connectivity index (χ0) is 11.5. The fourth-order valence-corrected chi connectivity index (χ4v) is 3.28. The minimum absolute atomic E-state index is 0.190. The first-order chi connectivity index (χ1) is 7.66. The number of benzene rings is 1. The van der Waals surface area contributed by atoms with Crippen LogP contribution in [0.15, 0.2) is 32.7 Å². The van der Waals surface area contributed by atoms with E-state index in [1.807, 2.05) is 12.1 Å². The summed E-state index contributed by atoms with van der Waals surface area (Å²) in [5, 5.41) is 11.9. The molecule has 6 heteroatoms. The van der Waals surface area contributed by atoms with Gasteiger partial charge in [0.1, 0.15) is 5.51 Å². The Morgan fingerprint density at radius 2 is 2.19 bits per heavy atom. The third-order valence-electron chi connectivity index (χ3n) is 2.13. The minimum atomic E-state index is 0.190. The quantitative estimate of drug-likeness (QED) is 0.887. The molecule has 0 saturated carbocycles. The van der Waals surface area contributed by atoms with Crippen LogP contribution >= 0.6 is 43.2 Å². The monoisotopic (exact) mass is 361 g/mol. The lowest BCUT2D eigenvalue weighted by molar-refractivity contribution is 0.868. The van der Waals surface area contributed by atoms with Gasteiger partial charge in [0.2, 0.25) is 5.13 Å². The Morgan fingerprint density at radius 1 is 1.38 bits per heavy atom. The Kier molecular flexibility index (Phi) is 3.94. The van der Waals surface area contributed by atoms with Crippen LogP contribution in [0.3, 0.4) is 0 Å². The Hall–Kier alpha value is -0.460. The molecule has 0 spiro atoms. The number of halogens is 2. The van der Waals surface area contributed by atoms with Crippen molar-refractivity contribution in [2.24, 2.45) is 0 Å². The zero-order valence-corrected chi connectivity index (χ0v) is 12.4. The molecule has 0 aliphatic heterocycles. The first-order valence-electron chi connectivity index (χ1n) is 4.64. The molecule has 0 amide bonds. The molecule has 0 saturated heterocycles. The van der Waals surface area contributed by atoms with Gasteiger partial charge in [-0.15, -0.1) is 10.2 Å². The molecular weight excluding hydrogens is 354 g/mol. The Labute approximate surface area is 115 Å². The number of nitrogens with zero attached hydrogens (tertiary/aromatic N) is 2. The van der Waals surface area contributed by atoms with E-state index in [-0.39, 0.29) is 6.04 Å². The molecule has 1 heterocycles. The van der Waals surface area contributed by atoms with Gasteiger partial charge in [-0.25, -0.2) is 0 Å². The molecule has 2 aromatic rings. The maximum Gasteiger partial charge on any atom is 0.205 e. The van der Waals surface area contributed by atoms with Crippen LogP contribution in [-0.4, -0.2) is 10.2 Å².